The second-order valence-electron chi connectivity index (χ2n) is 13.6. The van der Waals surface area contributed by atoms with Gasteiger partial charge in [-0.3, -0.25) is 25.0 Å². The Kier molecular flexibility index (Phi) is 16.1. The first-order valence-electron chi connectivity index (χ1n) is 16.4. The summed E-state index contributed by atoms with van der Waals surface area (Å²) in [6.45, 7) is 12.8. The van der Waals surface area contributed by atoms with Gasteiger partial charge in [0.25, 0.3) is 0 Å². The smallest absolute Gasteiger partial charge is 0.414 e. The lowest BCUT2D eigenvalue weighted by atomic mass is 9.92. The van der Waals surface area contributed by atoms with Crippen molar-refractivity contribution in [2.75, 3.05) is 20.3 Å². The van der Waals surface area contributed by atoms with E-state index in [-0.39, 0.29) is 6.61 Å². The van der Waals surface area contributed by atoms with Crippen molar-refractivity contribution in [2.45, 2.75) is 110 Å². The Balaban J connectivity index is 2.77. The molecule has 3 N–H and O–H groups in total. The Bertz CT molecular complexity index is 1450. The average Bonchev–Trinajstić information content (AvgIpc) is 3.00. The molecule has 288 valence electrons. The first-order valence-corrected chi connectivity index (χ1v) is 16.4. The lowest BCUT2D eigenvalue weighted by Crippen LogP contribution is -2.61. The van der Waals surface area contributed by atoms with Crippen LogP contribution in [0.4, 0.5) is 9.59 Å². The molecule has 0 aromatic heterocycles. The van der Waals surface area contributed by atoms with Crippen molar-refractivity contribution >= 4 is 42.0 Å². The molecule has 2 rings (SSSR count). The van der Waals surface area contributed by atoms with Gasteiger partial charge >= 0.3 is 30.1 Å². The van der Waals surface area contributed by atoms with Crippen LogP contribution in [0, 0.1) is 0 Å². The number of hydrogen-bond donors (Lipinski definition) is 3. The third-order valence-corrected chi connectivity index (χ3v) is 6.58. The number of esters is 3. The number of carbonyl (C=O) groups is 6. The fraction of sp³-hybridized carbons (Fsp3) is 0.571. The van der Waals surface area contributed by atoms with Crippen LogP contribution in [-0.2, 0) is 58.8 Å². The lowest BCUT2D eigenvalue weighted by molar-refractivity contribution is -0.182. The molecule has 0 fully saturated rings. The molecular weight excluding hydrogens is 684 g/mol. The van der Waals surface area contributed by atoms with E-state index < -0.39 is 95.9 Å². The van der Waals surface area contributed by atoms with Gasteiger partial charge < -0.3 is 38.5 Å². The van der Waals surface area contributed by atoms with Crippen LogP contribution in [-0.4, -0.2) is 104 Å². The molecule has 0 saturated carbocycles. The first kappa shape index (κ1) is 43.0. The number of hydrogen-bond acceptors (Lipinski definition) is 14. The normalized spacial score (nSPS) is 18.1. The van der Waals surface area contributed by atoms with Gasteiger partial charge in [0.05, 0.1) is 25.8 Å². The van der Waals surface area contributed by atoms with E-state index in [0.29, 0.717) is 6.42 Å². The number of nitrogens with zero attached hydrogens (tertiary/aromatic N) is 1. The Morgan fingerprint density at radius 2 is 1.44 bits per heavy atom. The summed E-state index contributed by atoms with van der Waals surface area (Å²) < 4.78 is 38.8. The maximum atomic E-state index is 13.0. The summed E-state index contributed by atoms with van der Waals surface area (Å²) in [4.78, 5) is 80.2. The molecule has 1 aliphatic rings. The van der Waals surface area contributed by atoms with Gasteiger partial charge in [-0.25, -0.2) is 19.4 Å². The Morgan fingerprint density at radius 3 is 1.92 bits per heavy atom. The van der Waals surface area contributed by atoms with Crippen LogP contribution < -0.4 is 16.0 Å². The third-order valence-electron chi connectivity index (χ3n) is 6.58. The van der Waals surface area contributed by atoms with Crippen molar-refractivity contribution in [3.8, 4) is 0 Å². The van der Waals surface area contributed by atoms with E-state index in [4.69, 9.17) is 33.2 Å². The van der Waals surface area contributed by atoms with Crippen LogP contribution in [0.5, 0.6) is 0 Å². The predicted molar refractivity (Wildman–Crippen MR) is 185 cm³/mol. The quantitative estimate of drug-likeness (QED) is 0.122. The lowest BCUT2D eigenvalue weighted by Gasteiger charge is -2.41. The van der Waals surface area contributed by atoms with Gasteiger partial charge in [-0.15, -0.1) is 0 Å². The zero-order valence-corrected chi connectivity index (χ0v) is 31.2. The highest BCUT2D eigenvalue weighted by Gasteiger charge is 2.47. The number of alkyl carbamates (subject to hydrolysis) is 2. The molecule has 0 bridgehead atoms. The third kappa shape index (κ3) is 15.8. The van der Waals surface area contributed by atoms with E-state index in [1.807, 2.05) is 30.3 Å². The van der Waals surface area contributed by atoms with Crippen molar-refractivity contribution < 1.29 is 61.9 Å². The molecule has 0 aliphatic carbocycles. The van der Waals surface area contributed by atoms with Crippen molar-refractivity contribution in [1.82, 2.24) is 16.0 Å². The molecule has 17 heteroatoms. The number of aliphatic imine (C=N–C) groups is 1. The van der Waals surface area contributed by atoms with Gasteiger partial charge in [0.15, 0.2) is 12.2 Å². The highest BCUT2D eigenvalue weighted by Crippen LogP contribution is 2.28. The monoisotopic (exact) mass is 734 g/mol. The summed E-state index contributed by atoms with van der Waals surface area (Å²) in [7, 11) is 1.11. The van der Waals surface area contributed by atoms with E-state index in [1.54, 1.807) is 41.5 Å². The van der Waals surface area contributed by atoms with Gasteiger partial charge in [-0.2, -0.15) is 0 Å². The first-order chi connectivity index (χ1) is 24.2. The van der Waals surface area contributed by atoms with Gasteiger partial charge in [0.1, 0.15) is 23.9 Å². The van der Waals surface area contributed by atoms with Crippen LogP contribution in [0.2, 0.25) is 0 Å². The molecule has 5 atom stereocenters. The minimum Gasteiger partial charge on any atom is -0.478 e. The van der Waals surface area contributed by atoms with Crippen LogP contribution in [0.1, 0.15) is 67.9 Å². The largest absolute Gasteiger partial charge is 0.478 e. The highest BCUT2D eigenvalue weighted by molar-refractivity contribution is 6.01. The zero-order valence-electron chi connectivity index (χ0n) is 31.2. The number of methoxy groups -OCH3 is 1. The average molecular weight is 735 g/mol. The molecule has 52 heavy (non-hydrogen) atoms. The van der Waals surface area contributed by atoms with E-state index in [2.05, 4.69) is 20.9 Å². The molecule has 0 saturated heterocycles. The van der Waals surface area contributed by atoms with E-state index in [0.717, 1.165) is 26.5 Å². The molecule has 1 aliphatic heterocycles. The van der Waals surface area contributed by atoms with E-state index in [1.165, 1.54) is 13.0 Å². The highest BCUT2D eigenvalue weighted by atomic mass is 16.6. The van der Waals surface area contributed by atoms with Gasteiger partial charge in [-0.05, 0) is 59.6 Å². The van der Waals surface area contributed by atoms with Crippen LogP contribution in [0.25, 0.3) is 0 Å². The molecule has 3 amide bonds. The zero-order chi connectivity index (χ0) is 39.2. The van der Waals surface area contributed by atoms with Crippen molar-refractivity contribution in [3.05, 3.63) is 47.7 Å². The molecule has 0 radical (unpaired) electrons. The second-order valence-corrected chi connectivity index (χ2v) is 13.6. The topological polar surface area (TPSA) is 215 Å². The van der Waals surface area contributed by atoms with E-state index in [9.17, 15) is 28.8 Å². The SMILES string of the molecule is COC(=O)C1=C[C@H](N=C(NC(=O)OC(C)(C)C)NC(=O)OC(C)(C)C)[C@@H](NC(C)=O)[C@H]([C@H](OCCc2ccccc2)[C@@H](COC(C)=O)OC(C)=O)O1. The maximum Gasteiger partial charge on any atom is 0.414 e. The summed E-state index contributed by atoms with van der Waals surface area (Å²) >= 11 is 0. The summed E-state index contributed by atoms with van der Waals surface area (Å²) in [6, 6.07) is 6.71. The molecule has 0 spiro atoms. The van der Waals surface area contributed by atoms with Gasteiger partial charge in [-0.1, -0.05) is 30.3 Å². The standard InChI is InChI=1S/C35H50N4O13/c1-20(40)36-27-24(37-31(38-32(44)51-34(4,5)6)39-33(45)52-35(7,8)9)18-25(30(43)46-10)50-29(27)28(26(49-22(3)42)19-48-21(2)41)47-17-16-23-14-12-11-13-15-23/h11-15,18,24,26-29H,16-17,19H2,1-10H3,(H,36,40)(H2,37,38,39,44,45)/t24-,26+,27+,28+,29+/m0/s1. The maximum absolute atomic E-state index is 13.0. The molecular formula is C35H50N4O13. The number of rotatable bonds is 12. The van der Waals surface area contributed by atoms with Gasteiger partial charge in [0, 0.05) is 20.8 Å². The number of guanidine groups is 1. The summed E-state index contributed by atoms with van der Waals surface area (Å²) in [5, 5.41) is 7.46. The summed E-state index contributed by atoms with van der Waals surface area (Å²) in [5.74, 6) is -3.87. The fourth-order valence-electron chi connectivity index (χ4n) is 4.75. The molecule has 1 aromatic rings. The molecule has 1 aromatic carbocycles. The summed E-state index contributed by atoms with van der Waals surface area (Å²) in [5.41, 5.74) is -0.990. The van der Waals surface area contributed by atoms with E-state index >= 15 is 0 Å². The number of amides is 3. The Morgan fingerprint density at radius 1 is 0.865 bits per heavy atom. The number of carbonyl (C=O) groups excluding carboxylic acids is 6. The minimum atomic E-state index is -1.41. The fourth-order valence-corrected chi connectivity index (χ4v) is 4.75. The second kappa shape index (κ2) is 19.4. The van der Waals surface area contributed by atoms with Crippen LogP contribution in [0.15, 0.2) is 47.2 Å². The van der Waals surface area contributed by atoms with Crippen molar-refractivity contribution in [3.63, 3.8) is 0 Å². The molecule has 0 unspecified atom stereocenters. The number of benzene rings is 1. The van der Waals surface area contributed by atoms with Crippen LogP contribution in [0.3, 0.4) is 0 Å². The Labute approximate surface area is 303 Å². The summed E-state index contributed by atoms with van der Waals surface area (Å²) in [6.07, 6.45) is -4.51. The molecule has 1 heterocycles. The van der Waals surface area contributed by atoms with Crippen molar-refractivity contribution in [2.24, 2.45) is 4.99 Å². The predicted octanol–water partition coefficient (Wildman–Crippen LogP) is 2.84. The van der Waals surface area contributed by atoms with Gasteiger partial charge in [0.2, 0.25) is 17.6 Å². The van der Waals surface area contributed by atoms with Crippen LogP contribution >= 0.6 is 0 Å². The molecule has 17 nitrogen and oxygen atoms in total. The number of ether oxygens (including phenoxy) is 7. The number of nitrogens with one attached hydrogen (secondary N) is 3. The Hall–Kier alpha value is -5.19. The van der Waals surface area contributed by atoms with Crippen molar-refractivity contribution in [1.29, 1.82) is 0 Å². The minimum absolute atomic E-state index is 0.00994.